The van der Waals surface area contributed by atoms with E-state index in [4.69, 9.17) is 4.74 Å². The third-order valence-corrected chi connectivity index (χ3v) is 4.78. The maximum atomic E-state index is 12.1. The summed E-state index contributed by atoms with van der Waals surface area (Å²) in [4.78, 5) is 27.9. The maximum Gasteiger partial charge on any atom is 0.243 e. The molecule has 0 bridgehead atoms. The third kappa shape index (κ3) is 5.55. The van der Waals surface area contributed by atoms with Gasteiger partial charge in [0.15, 0.2) is 5.16 Å². The fraction of sp³-hybridized carbons (Fsp3) is 0.211. The number of anilines is 1. The molecule has 3 aromatic rings. The number of nitrogens with zero attached hydrogens (tertiary/aromatic N) is 4. The second kappa shape index (κ2) is 9.69. The number of ether oxygens (including phenoxy) is 1. The van der Waals surface area contributed by atoms with Crippen LogP contribution in [0, 0.1) is 6.92 Å². The minimum absolute atomic E-state index is 0.106. The SMILES string of the molecule is COc1ccc(-n2c(C)nnc2SCC(=O)NCC(=O)Nc2cccnc2)cc1. The second-order valence-electron chi connectivity index (χ2n) is 5.92. The summed E-state index contributed by atoms with van der Waals surface area (Å²) < 4.78 is 7.03. The molecule has 9 nitrogen and oxygen atoms in total. The zero-order valence-corrected chi connectivity index (χ0v) is 16.8. The number of pyridine rings is 1. The van der Waals surface area contributed by atoms with Crippen molar-refractivity contribution in [2.75, 3.05) is 24.7 Å². The van der Waals surface area contributed by atoms with Crippen LogP contribution in [-0.4, -0.2) is 51.0 Å². The molecule has 2 aromatic heterocycles. The van der Waals surface area contributed by atoms with Crippen LogP contribution in [0.25, 0.3) is 5.69 Å². The number of carbonyl (C=O) groups excluding carboxylic acids is 2. The molecule has 0 radical (unpaired) electrons. The monoisotopic (exact) mass is 412 g/mol. The number of hydrogen-bond acceptors (Lipinski definition) is 7. The summed E-state index contributed by atoms with van der Waals surface area (Å²) in [7, 11) is 1.61. The zero-order chi connectivity index (χ0) is 20.6. The van der Waals surface area contributed by atoms with Crippen molar-refractivity contribution in [2.24, 2.45) is 0 Å². The van der Waals surface area contributed by atoms with Gasteiger partial charge in [-0.05, 0) is 43.3 Å². The number of aryl methyl sites for hydroxylation is 1. The van der Waals surface area contributed by atoms with Crippen LogP contribution in [0.5, 0.6) is 5.75 Å². The van der Waals surface area contributed by atoms with Gasteiger partial charge in [0.2, 0.25) is 11.8 Å². The van der Waals surface area contributed by atoms with Crippen LogP contribution in [0.3, 0.4) is 0 Å². The topological polar surface area (TPSA) is 111 Å². The minimum Gasteiger partial charge on any atom is -0.497 e. The van der Waals surface area contributed by atoms with Gasteiger partial charge in [-0.3, -0.25) is 19.1 Å². The van der Waals surface area contributed by atoms with Crippen LogP contribution in [0.2, 0.25) is 0 Å². The lowest BCUT2D eigenvalue weighted by atomic mass is 10.3. The van der Waals surface area contributed by atoms with Crippen LogP contribution in [0.1, 0.15) is 5.82 Å². The summed E-state index contributed by atoms with van der Waals surface area (Å²) >= 11 is 1.24. The molecule has 0 fully saturated rings. The van der Waals surface area contributed by atoms with Gasteiger partial charge in [-0.15, -0.1) is 10.2 Å². The van der Waals surface area contributed by atoms with E-state index < -0.39 is 0 Å². The Balaban J connectivity index is 1.53. The molecule has 0 aliphatic heterocycles. The second-order valence-corrected chi connectivity index (χ2v) is 6.86. The Morgan fingerprint density at radius 2 is 1.93 bits per heavy atom. The van der Waals surface area contributed by atoms with Gasteiger partial charge in [-0.1, -0.05) is 11.8 Å². The Kier molecular flexibility index (Phi) is 6.80. The first kappa shape index (κ1) is 20.3. The van der Waals surface area contributed by atoms with Gasteiger partial charge in [-0.25, -0.2) is 0 Å². The molecule has 3 rings (SSSR count). The molecule has 0 unspecified atom stereocenters. The smallest absolute Gasteiger partial charge is 0.243 e. The molecular weight excluding hydrogens is 392 g/mol. The largest absolute Gasteiger partial charge is 0.497 e. The third-order valence-electron chi connectivity index (χ3n) is 3.85. The van der Waals surface area contributed by atoms with Crippen molar-refractivity contribution in [3.05, 3.63) is 54.6 Å². The molecule has 0 atom stereocenters. The molecular formula is C19H20N6O3S. The van der Waals surface area contributed by atoms with E-state index in [-0.39, 0.29) is 24.1 Å². The fourth-order valence-electron chi connectivity index (χ4n) is 2.47. The van der Waals surface area contributed by atoms with Gasteiger partial charge in [0.05, 0.1) is 31.3 Å². The molecule has 0 saturated carbocycles. The summed E-state index contributed by atoms with van der Waals surface area (Å²) in [5.41, 5.74) is 1.44. The van der Waals surface area contributed by atoms with E-state index in [2.05, 4.69) is 25.8 Å². The van der Waals surface area contributed by atoms with E-state index in [1.165, 1.54) is 18.0 Å². The van der Waals surface area contributed by atoms with Crippen LogP contribution < -0.4 is 15.4 Å². The molecule has 0 aliphatic rings. The van der Waals surface area contributed by atoms with Crippen molar-refractivity contribution in [2.45, 2.75) is 12.1 Å². The number of aromatic nitrogens is 4. The lowest BCUT2D eigenvalue weighted by molar-refractivity contribution is -0.122. The van der Waals surface area contributed by atoms with Gasteiger partial charge in [-0.2, -0.15) is 0 Å². The highest BCUT2D eigenvalue weighted by Gasteiger charge is 2.14. The van der Waals surface area contributed by atoms with Crippen molar-refractivity contribution in [1.82, 2.24) is 25.1 Å². The number of thioether (sulfide) groups is 1. The Morgan fingerprint density at radius 1 is 1.14 bits per heavy atom. The fourth-order valence-corrected chi connectivity index (χ4v) is 3.29. The average Bonchev–Trinajstić information content (AvgIpc) is 3.12. The highest BCUT2D eigenvalue weighted by molar-refractivity contribution is 7.99. The summed E-state index contributed by atoms with van der Waals surface area (Å²) in [6.45, 7) is 1.71. The molecule has 10 heteroatoms. The Bertz CT molecular complexity index is 975. The standard InChI is InChI=1S/C19H20N6O3S/c1-13-23-24-19(25(13)15-5-7-16(28-2)8-6-15)29-12-18(27)21-11-17(26)22-14-4-3-9-20-10-14/h3-10H,11-12H2,1-2H3,(H,21,27)(H,22,26). The van der Waals surface area contributed by atoms with E-state index in [9.17, 15) is 9.59 Å². The van der Waals surface area contributed by atoms with Crippen molar-refractivity contribution in [1.29, 1.82) is 0 Å². The Hall–Kier alpha value is -3.40. The highest BCUT2D eigenvalue weighted by Crippen LogP contribution is 2.23. The van der Waals surface area contributed by atoms with Gasteiger partial charge >= 0.3 is 0 Å². The van der Waals surface area contributed by atoms with Gasteiger partial charge in [0, 0.05) is 11.9 Å². The number of hydrogen-bond donors (Lipinski definition) is 2. The number of rotatable bonds is 8. The first-order valence-corrected chi connectivity index (χ1v) is 9.71. The van der Waals surface area contributed by atoms with Gasteiger partial charge < -0.3 is 15.4 Å². The van der Waals surface area contributed by atoms with E-state index >= 15 is 0 Å². The molecule has 0 saturated heterocycles. The first-order chi connectivity index (χ1) is 14.1. The summed E-state index contributed by atoms with van der Waals surface area (Å²) in [5.74, 6) is 0.951. The number of benzene rings is 1. The summed E-state index contributed by atoms with van der Waals surface area (Å²) in [6.07, 6.45) is 3.14. The predicted molar refractivity (Wildman–Crippen MR) is 109 cm³/mol. The lowest BCUT2D eigenvalue weighted by Gasteiger charge is -2.09. The van der Waals surface area contributed by atoms with E-state index in [1.807, 2.05) is 35.8 Å². The highest BCUT2D eigenvalue weighted by atomic mass is 32.2. The number of nitrogens with one attached hydrogen (secondary N) is 2. The van der Waals surface area contributed by atoms with Gasteiger partial charge in [0.25, 0.3) is 0 Å². The van der Waals surface area contributed by atoms with E-state index in [0.29, 0.717) is 16.7 Å². The van der Waals surface area contributed by atoms with E-state index in [0.717, 1.165) is 11.4 Å². The zero-order valence-electron chi connectivity index (χ0n) is 16.0. The summed E-state index contributed by atoms with van der Waals surface area (Å²) in [6, 6.07) is 10.9. The normalized spacial score (nSPS) is 10.4. The minimum atomic E-state index is -0.325. The average molecular weight is 412 g/mol. The molecule has 150 valence electrons. The van der Waals surface area contributed by atoms with Crippen LogP contribution in [0.15, 0.2) is 53.9 Å². The Morgan fingerprint density at radius 3 is 2.62 bits per heavy atom. The molecule has 2 heterocycles. The van der Waals surface area contributed by atoms with Crippen LogP contribution in [0.4, 0.5) is 5.69 Å². The van der Waals surface area contributed by atoms with Crippen molar-refractivity contribution < 1.29 is 14.3 Å². The number of methoxy groups -OCH3 is 1. The molecule has 0 aliphatic carbocycles. The molecule has 29 heavy (non-hydrogen) atoms. The molecule has 2 amide bonds. The Labute approximate surface area is 171 Å². The summed E-state index contributed by atoms with van der Waals surface area (Å²) in [5, 5.41) is 14.1. The number of amides is 2. The lowest BCUT2D eigenvalue weighted by Crippen LogP contribution is -2.33. The molecule has 1 aromatic carbocycles. The van der Waals surface area contributed by atoms with Crippen molar-refractivity contribution in [3.8, 4) is 11.4 Å². The van der Waals surface area contributed by atoms with E-state index in [1.54, 1.807) is 25.4 Å². The van der Waals surface area contributed by atoms with Gasteiger partial charge in [0.1, 0.15) is 11.6 Å². The quantitative estimate of drug-likeness (QED) is 0.543. The van der Waals surface area contributed by atoms with Crippen LogP contribution >= 0.6 is 11.8 Å². The molecule has 0 spiro atoms. The predicted octanol–water partition coefficient (Wildman–Crippen LogP) is 1.83. The van der Waals surface area contributed by atoms with Crippen molar-refractivity contribution >= 4 is 29.3 Å². The molecule has 2 N–H and O–H groups in total. The number of carbonyl (C=O) groups is 2. The van der Waals surface area contributed by atoms with Crippen molar-refractivity contribution in [3.63, 3.8) is 0 Å². The van der Waals surface area contributed by atoms with Crippen LogP contribution in [-0.2, 0) is 9.59 Å². The first-order valence-electron chi connectivity index (χ1n) is 8.72. The maximum absolute atomic E-state index is 12.1.